The van der Waals surface area contributed by atoms with Crippen molar-refractivity contribution in [2.24, 2.45) is 9.98 Å². The van der Waals surface area contributed by atoms with Crippen LogP contribution >= 0.6 is 0 Å². The molecular weight excluding hydrogens is 905 g/mol. The third-order valence-corrected chi connectivity index (χ3v) is 14.9. The molecule has 0 amide bonds. The number of nitrogens with one attached hydrogen (secondary N) is 2. The molecule has 0 saturated heterocycles. The average Bonchev–Trinajstić information content (AvgIpc) is 4.03. The van der Waals surface area contributed by atoms with Gasteiger partial charge in [0.15, 0.2) is 5.25 Å². The molecule has 0 radical (unpaired) electrons. The second kappa shape index (κ2) is 15.6. The maximum atomic E-state index is 14.0. The smallest absolute Gasteiger partial charge is 0.298 e. The van der Waals surface area contributed by atoms with Crippen LogP contribution in [0.2, 0.25) is 0 Å². The lowest BCUT2D eigenvalue weighted by Crippen LogP contribution is -2.38. The van der Waals surface area contributed by atoms with Crippen molar-refractivity contribution in [1.29, 1.82) is 0 Å². The molecule has 20 heteroatoms. The Kier molecular flexibility index (Phi) is 10.4. The third kappa shape index (κ3) is 7.64. The molecule has 4 aliphatic rings. The van der Waals surface area contributed by atoms with Crippen LogP contribution in [0.5, 0.6) is 0 Å². The van der Waals surface area contributed by atoms with Gasteiger partial charge in [-0.25, -0.2) is 9.98 Å². The Morgan fingerprint density at radius 1 is 0.531 bits per heavy atom. The number of hydrogen-bond donors (Lipinski definition) is 6. The van der Waals surface area contributed by atoms with E-state index in [9.17, 15) is 51.9 Å². The zero-order chi connectivity index (χ0) is 45.3. The minimum absolute atomic E-state index is 0.0274. The summed E-state index contributed by atoms with van der Waals surface area (Å²) in [6.45, 7) is 0. The first-order valence-corrected chi connectivity index (χ1v) is 24.8. The number of rotatable bonds is 8. The van der Waals surface area contributed by atoms with Crippen molar-refractivity contribution in [2.45, 2.75) is 11.3 Å². The topological polar surface area (TPSA) is 270 Å². The highest BCUT2D eigenvalue weighted by Gasteiger charge is 2.52. The molecule has 5 aromatic rings. The summed E-state index contributed by atoms with van der Waals surface area (Å²) in [5.74, 6) is 0. The highest BCUT2D eigenvalue weighted by molar-refractivity contribution is 7.93. The van der Waals surface area contributed by atoms with E-state index in [-0.39, 0.29) is 33.6 Å². The number of fused-ring (bicyclic) bond motifs is 6. The SMILES string of the molecule is O=S(=O)(O)C1=C(c2ccccc2)C2=NC/1=C(/S(=O)(=O)O)C1=C(S(=O)(=O)O)C(S(=O)(=O)O)C(C=C3C=CC(=N3)C=c3[nH]/c(c(-c4ccccc4)c3-c3ccccc3)=C\2c2ccccc2)N1. The molecule has 2 atom stereocenters. The summed E-state index contributed by atoms with van der Waals surface area (Å²) in [7, 11) is -23.2. The van der Waals surface area contributed by atoms with E-state index in [0.717, 1.165) is 6.08 Å². The van der Waals surface area contributed by atoms with Crippen molar-refractivity contribution in [3.05, 3.63) is 193 Å². The monoisotopic (exact) mass is 936 g/mol. The predicted molar refractivity (Wildman–Crippen MR) is 241 cm³/mol. The van der Waals surface area contributed by atoms with E-state index in [0.29, 0.717) is 33.2 Å². The van der Waals surface area contributed by atoms with Gasteiger partial charge in [-0.05, 0) is 46.6 Å². The maximum Gasteiger partial charge on any atom is 0.298 e. The first kappa shape index (κ1) is 42.7. The molecule has 2 unspecified atom stereocenters. The summed E-state index contributed by atoms with van der Waals surface area (Å²) in [5, 5.41) is 0.401. The molecule has 9 rings (SSSR count). The van der Waals surface area contributed by atoms with Gasteiger partial charge in [0.25, 0.3) is 40.5 Å². The van der Waals surface area contributed by atoms with Crippen molar-refractivity contribution in [3.8, 4) is 22.3 Å². The summed E-state index contributed by atoms with van der Waals surface area (Å²) in [5.41, 5.74) is -0.108. The molecule has 0 saturated carbocycles. The van der Waals surface area contributed by atoms with Crippen LogP contribution in [0.1, 0.15) is 11.1 Å². The van der Waals surface area contributed by atoms with E-state index in [1.54, 1.807) is 48.6 Å². The number of nitrogens with zero attached hydrogens (tertiary/aromatic N) is 2. The van der Waals surface area contributed by atoms with Gasteiger partial charge >= 0.3 is 0 Å². The summed E-state index contributed by atoms with van der Waals surface area (Å²) in [6, 6.07) is 32.3. The number of hydrogen-bond acceptors (Lipinski definition) is 11. The Balaban J connectivity index is 1.62. The molecule has 64 heavy (non-hydrogen) atoms. The fraction of sp³-hybridized carbons (Fsp3) is 0.0455. The molecule has 16 nitrogen and oxygen atoms in total. The van der Waals surface area contributed by atoms with Gasteiger partial charge in [-0.3, -0.25) is 18.2 Å². The molecule has 8 bridgehead atoms. The molecule has 1 aromatic heterocycles. The minimum atomic E-state index is -6.00. The van der Waals surface area contributed by atoms with E-state index < -0.39 is 83.4 Å². The molecule has 6 N–H and O–H groups in total. The van der Waals surface area contributed by atoms with Crippen molar-refractivity contribution in [2.75, 3.05) is 0 Å². The van der Waals surface area contributed by atoms with Gasteiger partial charge in [-0.1, -0.05) is 121 Å². The number of aromatic amines is 1. The molecule has 0 spiro atoms. The average molecular weight is 937 g/mol. The second-order valence-electron chi connectivity index (χ2n) is 14.7. The van der Waals surface area contributed by atoms with Crippen LogP contribution in [0.4, 0.5) is 0 Å². The number of allylic oxidation sites excluding steroid dienone is 3. The van der Waals surface area contributed by atoms with E-state index in [4.69, 9.17) is 0 Å². The van der Waals surface area contributed by atoms with Gasteiger partial charge in [0.1, 0.15) is 20.4 Å². The van der Waals surface area contributed by atoms with Gasteiger partial charge in [0, 0.05) is 27.6 Å². The van der Waals surface area contributed by atoms with Gasteiger partial charge in [0.2, 0.25) is 0 Å². The summed E-state index contributed by atoms with van der Waals surface area (Å²) in [4.78, 5) is 8.15. The summed E-state index contributed by atoms with van der Waals surface area (Å²) < 4.78 is 152. The van der Waals surface area contributed by atoms with Gasteiger partial charge < -0.3 is 10.3 Å². The van der Waals surface area contributed by atoms with Crippen LogP contribution in [-0.4, -0.2) is 79.6 Å². The van der Waals surface area contributed by atoms with Crippen LogP contribution in [-0.2, 0) is 40.5 Å². The fourth-order valence-corrected chi connectivity index (χ4v) is 12.6. The maximum absolute atomic E-state index is 14.0. The van der Waals surface area contributed by atoms with Crippen molar-refractivity contribution in [3.63, 3.8) is 0 Å². The first-order chi connectivity index (χ1) is 30.3. The minimum Gasteiger partial charge on any atom is -0.375 e. The third-order valence-electron chi connectivity index (χ3n) is 10.7. The highest BCUT2D eigenvalue weighted by atomic mass is 32.2. The zero-order valence-corrected chi connectivity index (χ0v) is 35.9. The predicted octanol–water partition coefficient (Wildman–Crippen LogP) is 4.42. The number of H-pyrrole nitrogens is 1. The van der Waals surface area contributed by atoms with E-state index in [1.165, 1.54) is 30.3 Å². The number of aromatic nitrogens is 1. The van der Waals surface area contributed by atoms with E-state index in [2.05, 4.69) is 20.3 Å². The van der Waals surface area contributed by atoms with Crippen molar-refractivity contribution >= 4 is 69.1 Å². The van der Waals surface area contributed by atoms with Gasteiger partial charge in [-0.15, -0.1) is 0 Å². The van der Waals surface area contributed by atoms with Crippen LogP contribution in [0, 0.1) is 0 Å². The standard InChI is InChI=1S/C44H32N4O12S4/c49-61(50,51)41-32-24-30-22-21-29(45-30)23-31-33(25-13-5-1-6-14-25)34(26-15-7-2-8-16-26)37(46-31)35(27-17-9-3-10-18-27)38-36(28-19-11-4-12-20-28)42(62(52,53)54)39(48-38)43(63(55,56)57)40(47-32)44(41)64(58,59)60/h1-24,32,41,46-47H,(H,49,50,51)(H,52,53,54)(H,55,56,57)(H,58,59,60)/b30-24?,31-23?,37-35-,43-39+. The molecular formula is C44H32N4O12S4. The van der Waals surface area contributed by atoms with Gasteiger partial charge in [-0.2, -0.15) is 33.7 Å². The lowest BCUT2D eigenvalue weighted by atomic mass is 9.89. The van der Waals surface area contributed by atoms with Crippen LogP contribution in [0.3, 0.4) is 0 Å². The summed E-state index contributed by atoms with van der Waals surface area (Å²) in [6.07, 6.45) is 5.70. The fourth-order valence-electron chi connectivity index (χ4n) is 8.31. The Hall–Kier alpha value is -6.62. The van der Waals surface area contributed by atoms with Gasteiger partial charge in [0.05, 0.1) is 34.2 Å². The van der Waals surface area contributed by atoms with E-state index in [1.807, 2.05) is 60.7 Å². The van der Waals surface area contributed by atoms with Crippen molar-refractivity contribution < 1.29 is 51.9 Å². The number of aliphatic imine (C=N–C) groups is 2. The Morgan fingerprint density at radius 3 is 1.53 bits per heavy atom. The molecule has 0 fully saturated rings. The lowest BCUT2D eigenvalue weighted by Gasteiger charge is -2.16. The highest BCUT2D eigenvalue weighted by Crippen LogP contribution is 2.45. The molecule has 324 valence electrons. The molecule has 4 aromatic carbocycles. The van der Waals surface area contributed by atoms with Crippen molar-refractivity contribution in [1.82, 2.24) is 10.3 Å². The Morgan fingerprint density at radius 2 is 1.03 bits per heavy atom. The first-order valence-electron chi connectivity index (χ1n) is 19.0. The Labute approximate surface area is 366 Å². The zero-order valence-electron chi connectivity index (χ0n) is 32.6. The van der Waals surface area contributed by atoms with Crippen LogP contribution in [0.15, 0.2) is 181 Å². The second-order valence-corrected chi connectivity index (χ2v) is 20.4. The number of benzene rings is 4. The summed E-state index contributed by atoms with van der Waals surface area (Å²) >= 11 is 0. The van der Waals surface area contributed by atoms with E-state index >= 15 is 0 Å². The van der Waals surface area contributed by atoms with Crippen LogP contribution < -0.4 is 16.0 Å². The molecule has 0 aliphatic carbocycles. The lowest BCUT2D eigenvalue weighted by molar-refractivity contribution is 0.462. The molecule has 5 heterocycles. The normalized spacial score (nSPS) is 21.0. The Bertz CT molecular complexity index is 3650. The van der Waals surface area contributed by atoms with Crippen LogP contribution in [0.25, 0.3) is 39.5 Å². The molecule has 4 aliphatic heterocycles. The largest absolute Gasteiger partial charge is 0.375 e. The quantitative estimate of drug-likeness (QED) is 0.118.